The van der Waals surface area contributed by atoms with E-state index in [4.69, 9.17) is 5.73 Å². The van der Waals surface area contributed by atoms with Crippen LogP contribution in [0, 0.1) is 11.3 Å². The average Bonchev–Trinajstić information content (AvgIpc) is 2.11. The van der Waals surface area contributed by atoms with Gasteiger partial charge in [-0.05, 0) is 43.6 Å². The molecule has 1 saturated carbocycles. The summed E-state index contributed by atoms with van der Waals surface area (Å²) in [5, 5.41) is 10.7. The zero-order valence-corrected chi connectivity index (χ0v) is 10.6. The Kier molecular flexibility index (Phi) is 4.19. The molecule has 0 radical (unpaired) electrons. The van der Waals surface area contributed by atoms with Crippen LogP contribution < -0.4 is 5.73 Å². The minimum atomic E-state index is -0.494. The third-order valence-electron chi connectivity index (χ3n) is 3.93. The molecule has 0 aliphatic heterocycles. The Bertz CT molecular complexity index is 203. The molecule has 1 fully saturated rings. The largest absolute Gasteiger partial charge is 0.390 e. The molecule has 0 heterocycles. The van der Waals surface area contributed by atoms with Crippen LogP contribution in [0.2, 0.25) is 0 Å². The highest BCUT2D eigenvalue weighted by Crippen LogP contribution is 2.45. The van der Waals surface area contributed by atoms with Crippen LogP contribution in [0.1, 0.15) is 59.3 Å². The predicted molar refractivity (Wildman–Crippen MR) is 64.7 cm³/mol. The SMILES string of the molecule is CCCC(CN)C1(O)CCCC(C)(C)C1. The van der Waals surface area contributed by atoms with Gasteiger partial charge in [0.25, 0.3) is 0 Å². The van der Waals surface area contributed by atoms with Crippen molar-refractivity contribution in [2.24, 2.45) is 17.1 Å². The van der Waals surface area contributed by atoms with Crippen LogP contribution in [-0.4, -0.2) is 17.3 Å². The maximum Gasteiger partial charge on any atom is 0.0692 e. The minimum absolute atomic E-state index is 0.286. The zero-order chi connectivity index (χ0) is 11.5. The van der Waals surface area contributed by atoms with Gasteiger partial charge in [0.15, 0.2) is 0 Å². The fourth-order valence-corrected chi connectivity index (χ4v) is 3.18. The zero-order valence-electron chi connectivity index (χ0n) is 10.6. The summed E-state index contributed by atoms with van der Waals surface area (Å²) in [5.74, 6) is 0.294. The molecule has 0 bridgehead atoms. The molecular weight excluding hydrogens is 186 g/mol. The van der Waals surface area contributed by atoms with Gasteiger partial charge < -0.3 is 10.8 Å². The highest BCUT2D eigenvalue weighted by atomic mass is 16.3. The van der Waals surface area contributed by atoms with Crippen molar-refractivity contribution >= 4 is 0 Å². The van der Waals surface area contributed by atoms with E-state index in [1.807, 2.05) is 0 Å². The second-order valence-corrected chi connectivity index (χ2v) is 6.02. The summed E-state index contributed by atoms with van der Waals surface area (Å²) >= 11 is 0. The first kappa shape index (κ1) is 13.0. The molecule has 2 unspecified atom stereocenters. The molecule has 15 heavy (non-hydrogen) atoms. The topological polar surface area (TPSA) is 46.2 Å². The lowest BCUT2D eigenvalue weighted by molar-refractivity contribution is -0.0829. The van der Waals surface area contributed by atoms with Gasteiger partial charge in [0.05, 0.1) is 5.60 Å². The summed E-state index contributed by atoms with van der Waals surface area (Å²) in [6.45, 7) is 7.31. The predicted octanol–water partition coefficient (Wildman–Crippen LogP) is 2.69. The van der Waals surface area contributed by atoms with E-state index in [1.54, 1.807) is 0 Å². The number of aliphatic hydroxyl groups is 1. The van der Waals surface area contributed by atoms with Crippen molar-refractivity contribution in [3.05, 3.63) is 0 Å². The Morgan fingerprint density at radius 3 is 2.47 bits per heavy atom. The number of hydrogen-bond acceptors (Lipinski definition) is 2. The van der Waals surface area contributed by atoms with Crippen LogP contribution in [0.4, 0.5) is 0 Å². The Balaban J connectivity index is 2.70. The lowest BCUT2D eigenvalue weighted by atomic mass is 9.64. The minimum Gasteiger partial charge on any atom is -0.390 e. The second-order valence-electron chi connectivity index (χ2n) is 6.02. The van der Waals surface area contributed by atoms with Crippen molar-refractivity contribution in [2.45, 2.75) is 64.9 Å². The molecule has 0 amide bonds. The molecule has 0 aromatic heterocycles. The van der Waals surface area contributed by atoms with Crippen LogP contribution in [0.15, 0.2) is 0 Å². The third kappa shape index (κ3) is 3.18. The van der Waals surface area contributed by atoms with Gasteiger partial charge in [-0.15, -0.1) is 0 Å². The van der Waals surface area contributed by atoms with Crippen molar-refractivity contribution in [2.75, 3.05) is 6.54 Å². The quantitative estimate of drug-likeness (QED) is 0.754. The monoisotopic (exact) mass is 213 g/mol. The van der Waals surface area contributed by atoms with Gasteiger partial charge in [0.1, 0.15) is 0 Å². The van der Waals surface area contributed by atoms with E-state index in [0.29, 0.717) is 12.5 Å². The van der Waals surface area contributed by atoms with Gasteiger partial charge in [0.2, 0.25) is 0 Å². The molecular formula is C13H27NO. The summed E-state index contributed by atoms with van der Waals surface area (Å²) < 4.78 is 0. The first-order valence-electron chi connectivity index (χ1n) is 6.36. The lowest BCUT2D eigenvalue weighted by Crippen LogP contribution is -2.47. The van der Waals surface area contributed by atoms with Gasteiger partial charge in [-0.2, -0.15) is 0 Å². The standard InChI is InChI=1S/C13H27NO/c1-4-6-11(9-14)13(15)8-5-7-12(2,3)10-13/h11,15H,4-10,14H2,1-3H3. The summed E-state index contributed by atoms with van der Waals surface area (Å²) in [7, 11) is 0. The molecule has 0 saturated heterocycles. The van der Waals surface area contributed by atoms with Crippen molar-refractivity contribution in [3.8, 4) is 0 Å². The number of nitrogens with two attached hydrogens (primary N) is 1. The highest BCUT2D eigenvalue weighted by Gasteiger charge is 2.42. The Morgan fingerprint density at radius 2 is 2.00 bits per heavy atom. The highest BCUT2D eigenvalue weighted by molar-refractivity contribution is 4.95. The van der Waals surface area contributed by atoms with Crippen LogP contribution in [0.5, 0.6) is 0 Å². The fourth-order valence-electron chi connectivity index (χ4n) is 3.18. The van der Waals surface area contributed by atoms with Crippen LogP contribution in [0.25, 0.3) is 0 Å². The van der Waals surface area contributed by atoms with E-state index >= 15 is 0 Å². The molecule has 0 spiro atoms. The molecule has 2 heteroatoms. The molecule has 1 aliphatic carbocycles. The van der Waals surface area contributed by atoms with E-state index in [2.05, 4.69) is 20.8 Å². The summed E-state index contributed by atoms with van der Waals surface area (Å²) in [5.41, 5.74) is 5.60. The molecule has 3 N–H and O–H groups in total. The van der Waals surface area contributed by atoms with Crippen molar-refractivity contribution in [1.29, 1.82) is 0 Å². The van der Waals surface area contributed by atoms with Crippen LogP contribution in [0.3, 0.4) is 0 Å². The van der Waals surface area contributed by atoms with Crippen LogP contribution >= 0.6 is 0 Å². The first-order chi connectivity index (χ1) is 6.93. The molecule has 0 aromatic carbocycles. The van der Waals surface area contributed by atoms with Gasteiger partial charge in [-0.25, -0.2) is 0 Å². The maximum atomic E-state index is 10.7. The van der Waals surface area contributed by atoms with Gasteiger partial charge in [0, 0.05) is 0 Å². The average molecular weight is 213 g/mol. The Hall–Kier alpha value is -0.0800. The Morgan fingerprint density at radius 1 is 1.33 bits per heavy atom. The fraction of sp³-hybridized carbons (Fsp3) is 1.00. The van der Waals surface area contributed by atoms with E-state index < -0.39 is 5.60 Å². The van der Waals surface area contributed by atoms with E-state index in [9.17, 15) is 5.11 Å². The molecule has 0 aromatic rings. The first-order valence-corrected chi connectivity index (χ1v) is 6.36. The van der Waals surface area contributed by atoms with E-state index in [1.165, 1.54) is 6.42 Å². The summed E-state index contributed by atoms with van der Waals surface area (Å²) in [6, 6.07) is 0. The van der Waals surface area contributed by atoms with Gasteiger partial charge >= 0.3 is 0 Å². The van der Waals surface area contributed by atoms with Gasteiger partial charge in [-0.3, -0.25) is 0 Å². The maximum absolute atomic E-state index is 10.7. The Labute approximate surface area is 94.2 Å². The third-order valence-corrected chi connectivity index (χ3v) is 3.93. The molecule has 2 nitrogen and oxygen atoms in total. The van der Waals surface area contributed by atoms with Gasteiger partial charge in [-0.1, -0.05) is 33.6 Å². The number of rotatable bonds is 4. The summed E-state index contributed by atoms with van der Waals surface area (Å²) in [4.78, 5) is 0. The molecule has 1 rings (SSSR count). The normalized spacial score (nSPS) is 32.6. The molecule has 90 valence electrons. The van der Waals surface area contributed by atoms with E-state index in [0.717, 1.165) is 32.1 Å². The van der Waals surface area contributed by atoms with E-state index in [-0.39, 0.29) is 5.41 Å². The number of hydrogen-bond donors (Lipinski definition) is 2. The summed E-state index contributed by atoms with van der Waals surface area (Å²) in [6.07, 6.45) is 6.41. The van der Waals surface area contributed by atoms with Crippen LogP contribution in [-0.2, 0) is 0 Å². The molecule has 1 aliphatic rings. The van der Waals surface area contributed by atoms with Crippen molar-refractivity contribution in [3.63, 3.8) is 0 Å². The lowest BCUT2D eigenvalue weighted by Gasteiger charge is -2.45. The smallest absolute Gasteiger partial charge is 0.0692 e. The van der Waals surface area contributed by atoms with Crippen molar-refractivity contribution in [1.82, 2.24) is 0 Å². The second kappa shape index (κ2) is 4.84. The van der Waals surface area contributed by atoms with Crippen molar-refractivity contribution < 1.29 is 5.11 Å². The molecule has 2 atom stereocenters.